The van der Waals surface area contributed by atoms with Gasteiger partial charge in [-0.05, 0) is 145 Å². The van der Waals surface area contributed by atoms with Crippen molar-refractivity contribution in [3.63, 3.8) is 0 Å². The van der Waals surface area contributed by atoms with Crippen LogP contribution in [0.2, 0.25) is 0 Å². The van der Waals surface area contributed by atoms with Crippen LogP contribution in [0.4, 0.5) is 0 Å². The lowest BCUT2D eigenvalue weighted by atomic mass is 9.98. The third kappa shape index (κ3) is 17.0. The first kappa shape index (κ1) is 60.1. The average Bonchev–Trinajstić information content (AvgIpc) is 4.28. The fourth-order valence-electron chi connectivity index (χ4n) is 8.49. The Bertz CT molecular complexity index is 3450. The van der Waals surface area contributed by atoms with Crippen LogP contribution in [0.3, 0.4) is 0 Å². The predicted octanol–water partition coefficient (Wildman–Crippen LogP) is 16.8. The van der Waals surface area contributed by atoms with E-state index in [1.54, 1.807) is 12.1 Å². The van der Waals surface area contributed by atoms with Crippen LogP contribution in [-0.2, 0) is 40.2 Å². The number of nitrogens with zero attached hydrogens (tertiary/aromatic N) is 2. The lowest BCUT2D eigenvalue weighted by molar-refractivity contribution is -0.111. The largest absolute Gasteiger partial charge is 0.643 e. The monoisotopic (exact) mass is 1170 g/mol. The summed E-state index contributed by atoms with van der Waals surface area (Å²) in [4.78, 5) is 48.4. The Labute approximate surface area is 478 Å². The Hall–Kier alpha value is -5.10. The van der Waals surface area contributed by atoms with Gasteiger partial charge in [0, 0.05) is 93.9 Å². The number of carbonyl (C=O) groups is 4. The quantitative estimate of drug-likeness (QED) is 0.0414. The molecule has 0 amide bonds. The Balaban J connectivity index is 0.000000188. The maximum Gasteiger partial charge on any atom is 0.643 e. The van der Waals surface area contributed by atoms with Gasteiger partial charge in [0.05, 0.1) is 23.0 Å². The van der Waals surface area contributed by atoms with Crippen molar-refractivity contribution in [3.05, 3.63) is 212 Å². The molecular weight excluding hydrogens is 1110 g/mol. The van der Waals surface area contributed by atoms with Crippen LogP contribution in [0.15, 0.2) is 168 Å². The Morgan fingerprint density at radius 3 is 1.36 bits per heavy atom. The van der Waals surface area contributed by atoms with Crippen molar-refractivity contribution in [1.82, 2.24) is 9.13 Å². The van der Waals surface area contributed by atoms with E-state index in [2.05, 4.69) is 57.7 Å². The molecule has 76 heavy (non-hydrogen) atoms. The molecule has 4 aromatic heterocycles. The van der Waals surface area contributed by atoms with Gasteiger partial charge < -0.3 is 18.6 Å². The molecule has 16 heteroatoms. The van der Waals surface area contributed by atoms with Gasteiger partial charge in [-0.25, -0.2) is 30.1 Å². The van der Waals surface area contributed by atoms with Gasteiger partial charge in [-0.3, -0.25) is 19.2 Å². The van der Waals surface area contributed by atoms with Crippen molar-refractivity contribution in [3.8, 4) is 0 Å². The standard InChI is InChI=1S/C30H27NO3S.C16H17NO.C9H9ClO.C5H3ClOS.Al.3ClH/c1-3-34-15-14-31-26-12-10-22(28(32)19-21-8-5-4-7-20(21)2)17-24(26)25-18-23(11-13-27(25)31)30(33)29-9-6-16-35-29;1-2-18-12-11-17-15-9-5-3-7-13(15)14-8-4-6-10-16(14)17;1-7-4-2-3-5-8(7)6-9(10)11;6-5(7)4-2-1-3-8-4;;;;/h4-13,16-18H,3,14-15,19H2,1-2H3;3-10H,2,11-12H2,1H3;2-5H,6H2,1H3;1-3H;;3*1H/q;;;;+3;;;/p-3. The van der Waals surface area contributed by atoms with Crippen LogP contribution in [0.1, 0.15) is 71.4 Å². The third-order valence-electron chi connectivity index (χ3n) is 12.1. The maximum atomic E-state index is 13.2. The van der Waals surface area contributed by atoms with E-state index in [1.165, 1.54) is 44.5 Å². The van der Waals surface area contributed by atoms with Crippen molar-refractivity contribution in [2.45, 2.75) is 53.6 Å². The van der Waals surface area contributed by atoms with E-state index in [9.17, 15) is 19.2 Å². The van der Waals surface area contributed by atoms with Crippen molar-refractivity contribution in [2.24, 2.45) is 0 Å². The summed E-state index contributed by atoms with van der Waals surface area (Å²) in [6.45, 7) is 12.4. The minimum absolute atomic E-state index is 0.0175. The lowest BCUT2D eigenvalue weighted by Gasteiger charge is -2.08. The van der Waals surface area contributed by atoms with Crippen LogP contribution in [0.25, 0.3) is 43.6 Å². The highest BCUT2D eigenvalue weighted by Crippen LogP contribution is 2.33. The van der Waals surface area contributed by atoms with Gasteiger partial charge in [0.1, 0.15) is 0 Å². The molecule has 10 aromatic rings. The number of Topliss-reactive ketones (excluding diaryl/α,β-unsaturated/α-hetero) is 1. The first-order valence-corrected chi connectivity index (χ1v) is 32.2. The first-order chi connectivity index (χ1) is 36.7. The van der Waals surface area contributed by atoms with Crippen LogP contribution >= 0.6 is 76.0 Å². The molecule has 0 spiro atoms. The van der Waals surface area contributed by atoms with Gasteiger partial charge in [-0.2, -0.15) is 0 Å². The fourth-order valence-corrected chi connectivity index (χ4v) is 10.1. The van der Waals surface area contributed by atoms with Gasteiger partial charge in [-0.15, -0.1) is 22.7 Å². The second-order valence-electron chi connectivity index (χ2n) is 17.0. The number of benzene rings is 6. The smallest absolute Gasteiger partial charge is 0.380 e. The Kier molecular flexibility index (Phi) is 24.3. The van der Waals surface area contributed by atoms with Gasteiger partial charge in [0.15, 0.2) is 5.78 Å². The van der Waals surface area contributed by atoms with Crippen molar-refractivity contribution in [2.75, 3.05) is 26.4 Å². The van der Waals surface area contributed by atoms with Crippen LogP contribution in [0.5, 0.6) is 0 Å². The zero-order valence-corrected chi connectivity index (χ0v) is 49.0. The van der Waals surface area contributed by atoms with E-state index in [0.29, 0.717) is 48.6 Å². The van der Waals surface area contributed by atoms with Crippen molar-refractivity contribution in [1.29, 1.82) is 0 Å². The summed E-state index contributed by atoms with van der Waals surface area (Å²) in [5.74, 6) is 0.103. The highest BCUT2D eigenvalue weighted by Gasteiger charge is 2.18. The van der Waals surface area contributed by atoms with E-state index in [0.717, 1.165) is 68.7 Å². The molecule has 10 rings (SSSR count). The zero-order chi connectivity index (χ0) is 54.6. The van der Waals surface area contributed by atoms with E-state index >= 15 is 0 Å². The normalized spacial score (nSPS) is 10.6. The van der Waals surface area contributed by atoms with Gasteiger partial charge in [0.2, 0.25) is 11.0 Å². The second kappa shape index (κ2) is 30.7. The number of ketones is 2. The van der Waals surface area contributed by atoms with Crippen molar-refractivity contribution < 1.29 is 28.7 Å². The summed E-state index contributed by atoms with van der Waals surface area (Å²) in [7, 11) is 14.8. The van der Waals surface area contributed by atoms with Gasteiger partial charge >= 0.3 is 11.4 Å². The molecule has 4 heterocycles. The lowest BCUT2D eigenvalue weighted by Crippen LogP contribution is -2.06. The number of thiophene rings is 2. The van der Waals surface area contributed by atoms with Crippen LogP contribution < -0.4 is 0 Å². The van der Waals surface area contributed by atoms with Gasteiger partial charge in [0.25, 0.3) is 5.24 Å². The molecule has 0 aliphatic rings. The van der Waals surface area contributed by atoms with E-state index in [1.807, 2.05) is 136 Å². The fraction of sp³-hybridized carbons (Fsp3) is 0.200. The summed E-state index contributed by atoms with van der Waals surface area (Å²) < 4.78 is 15.7. The van der Waals surface area contributed by atoms with E-state index in [-0.39, 0.29) is 22.1 Å². The Morgan fingerprint density at radius 2 is 0.921 bits per heavy atom. The number of aryl methyl sites for hydroxylation is 2. The molecule has 0 atom stereocenters. The SMILES string of the molecule is CCOCCn1c2ccc(C(=O)Cc3ccccc3C)cc2c2cc(C(=O)c3cccs3)ccc21.CCOCCn1c2ccccc2c2ccccc21.Cc1ccccc1CC(=O)Cl.O=C(Cl)c1cccs1.[Cl][Al]([Cl])[Cl]. The number of aromatic nitrogens is 2. The number of carbonyl (C=O) groups excluding carboxylic acids is 4. The van der Waals surface area contributed by atoms with Gasteiger partial charge in [-0.1, -0.05) is 97.1 Å². The third-order valence-corrected chi connectivity index (χ3v) is 14.3. The first-order valence-electron chi connectivity index (χ1n) is 24.4. The maximum absolute atomic E-state index is 13.2. The van der Waals surface area contributed by atoms with E-state index < -0.39 is 11.4 Å². The number of ether oxygens (including phenoxy) is 2. The average molecular weight is 1170 g/mol. The highest BCUT2D eigenvalue weighted by molar-refractivity contribution is 7.54. The molecule has 6 aromatic carbocycles. The van der Waals surface area contributed by atoms with E-state index in [4.69, 9.17) is 62.8 Å². The summed E-state index contributed by atoms with van der Waals surface area (Å²) >= 11 is 11.4. The zero-order valence-electron chi connectivity index (χ0n) is 42.5. The molecule has 0 N–H and O–H groups in total. The predicted molar refractivity (Wildman–Crippen MR) is 322 cm³/mol. The summed E-state index contributed by atoms with van der Waals surface area (Å²) in [5, 5.41) is 7.65. The topological polar surface area (TPSA) is 96.6 Å². The summed E-state index contributed by atoms with van der Waals surface area (Å²) in [6.07, 6.45) is 0.692. The second-order valence-corrected chi connectivity index (χ2v) is 26.1. The summed E-state index contributed by atoms with van der Waals surface area (Å²) in [5.41, 5.74) is 10.3. The number of hydrogen-bond acceptors (Lipinski definition) is 8. The molecule has 0 unspecified atom stereocenters. The number of halogens is 5. The molecule has 0 aliphatic heterocycles. The van der Waals surface area contributed by atoms with Crippen molar-refractivity contribution >= 4 is 153 Å². The number of rotatable bonds is 16. The number of para-hydroxylation sites is 2. The van der Waals surface area contributed by atoms with Crippen LogP contribution in [0, 0.1) is 13.8 Å². The Morgan fingerprint density at radius 1 is 0.500 bits per heavy atom. The molecule has 8 nitrogen and oxygen atoms in total. The molecule has 0 saturated heterocycles. The minimum Gasteiger partial charge on any atom is -0.380 e. The highest BCUT2D eigenvalue weighted by atomic mass is 35.8. The molecule has 0 saturated carbocycles. The molecule has 0 bridgehead atoms. The molecule has 0 fully saturated rings. The molecule has 392 valence electrons. The molecule has 0 radical (unpaired) electrons. The summed E-state index contributed by atoms with van der Waals surface area (Å²) in [6, 6.07) is 51.9. The molecular formula is C60H56AlCl5N2O6S2. The minimum atomic E-state index is -1.72. The number of hydrogen-bond donors (Lipinski definition) is 0. The molecule has 0 aliphatic carbocycles. The number of fused-ring (bicyclic) bond motifs is 6. The van der Waals surface area contributed by atoms with Crippen LogP contribution in [-0.4, -0.2) is 69.0 Å².